The van der Waals surface area contributed by atoms with Crippen molar-refractivity contribution in [3.63, 3.8) is 0 Å². The second kappa shape index (κ2) is 15.9. The van der Waals surface area contributed by atoms with Crippen LogP contribution in [-0.2, 0) is 5.41 Å². The molecule has 0 N–H and O–H groups in total. The number of nitrogens with zero attached hydrogens (tertiary/aromatic N) is 2. The fourth-order valence-corrected chi connectivity index (χ4v) is 8.57. The van der Waals surface area contributed by atoms with Crippen molar-refractivity contribution in [2.45, 2.75) is 37.5 Å². The van der Waals surface area contributed by atoms with E-state index in [-0.39, 0.29) is 5.41 Å². The van der Waals surface area contributed by atoms with Gasteiger partial charge in [0.25, 0.3) is 0 Å². The van der Waals surface area contributed by atoms with Crippen molar-refractivity contribution in [1.82, 2.24) is 0 Å². The molecule has 2 nitrogen and oxygen atoms in total. The van der Waals surface area contributed by atoms with E-state index in [0.717, 1.165) is 47.0 Å². The topological polar surface area (TPSA) is 6.48 Å². The molecular weight excluding hydrogens is 677 g/mol. The van der Waals surface area contributed by atoms with Crippen LogP contribution in [0.2, 0.25) is 0 Å². The Balaban J connectivity index is 1.04. The Morgan fingerprint density at radius 2 is 0.696 bits per heavy atom. The first kappa shape index (κ1) is 34.9. The van der Waals surface area contributed by atoms with E-state index in [0.29, 0.717) is 0 Å². The molecular formula is C54H44N2. The lowest BCUT2D eigenvalue weighted by Crippen LogP contribution is -2.30. The van der Waals surface area contributed by atoms with E-state index >= 15 is 0 Å². The van der Waals surface area contributed by atoms with Crippen LogP contribution in [-0.4, -0.2) is 0 Å². The highest BCUT2D eigenvalue weighted by molar-refractivity contribution is 5.80. The lowest BCUT2D eigenvalue weighted by Gasteiger charge is -2.39. The lowest BCUT2D eigenvalue weighted by molar-refractivity contribution is 0.346. The van der Waals surface area contributed by atoms with Gasteiger partial charge >= 0.3 is 0 Å². The molecule has 0 aromatic heterocycles. The van der Waals surface area contributed by atoms with Crippen LogP contribution in [0.1, 0.15) is 43.2 Å². The minimum atomic E-state index is -0.0398. The Kier molecular flexibility index (Phi) is 9.90. The average Bonchev–Trinajstić information content (AvgIpc) is 3.29. The van der Waals surface area contributed by atoms with Crippen molar-refractivity contribution in [3.8, 4) is 22.3 Å². The van der Waals surface area contributed by atoms with Crippen molar-refractivity contribution < 1.29 is 0 Å². The Morgan fingerprint density at radius 1 is 0.321 bits per heavy atom. The van der Waals surface area contributed by atoms with Gasteiger partial charge in [0.2, 0.25) is 0 Å². The molecule has 2 heteroatoms. The standard InChI is InChI=1S/C54H44N2/c1-6-16-42(17-7-1)44-24-32-50(33-25-44)55(48-20-10-3-11-21-48)52-36-28-46(29-37-52)54(40-14-5-15-41-54)47-30-38-53(39-31-47)56(49-22-12-4-13-23-49)51-34-26-45(27-35-51)43-18-8-2-9-19-43/h1-3,6-12,16-39H,5,14-15,40-41H2. The van der Waals surface area contributed by atoms with Gasteiger partial charge in [0, 0.05) is 39.9 Å². The van der Waals surface area contributed by atoms with Crippen LogP contribution in [0.5, 0.6) is 0 Å². The summed E-state index contributed by atoms with van der Waals surface area (Å²) in [6, 6.07) is 80.7. The maximum absolute atomic E-state index is 3.18. The second-order valence-corrected chi connectivity index (χ2v) is 14.8. The van der Waals surface area contributed by atoms with Crippen molar-refractivity contribution >= 4 is 34.1 Å². The highest BCUT2D eigenvalue weighted by atomic mass is 15.1. The smallest absolute Gasteiger partial charge is 0.0551 e. The molecule has 0 bridgehead atoms. The molecule has 0 unspecified atom stereocenters. The van der Waals surface area contributed by atoms with Gasteiger partial charge in [0.05, 0.1) is 5.69 Å². The molecule has 8 aromatic rings. The van der Waals surface area contributed by atoms with E-state index in [1.54, 1.807) is 0 Å². The van der Waals surface area contributed by atoms with Gasteiger partial charge in [-0.3, -0.25) is 0 Å². The predicted octanol–water partition coefficient (Wildman–Crippen LogP) is 14.8. The molecule has 270 valence electrons. The zero-order chi connectivity index (χ0) is 37.6. The number of hydrogen-bond acceptors (Lipinski definition) is 2. The third-order valence-electron chi connectivity index (χ3n) is 11.4. The number of para-hydroxylation sites is 1. The summed E-state index contributed by atoms with van der Waals surface area (Å²) in [6.07, 6.45) is 6.02. The molecule has 0 heterocycles. The Bertz CT molecular complexity index is 2260. The highest BCUT2D eigenvalue weighted by Gasteiger charge is 2.36. The van der Waals surface area contributed by atoms with Gasteiger partial charge in [0.15, 0.2) is 0 Å². The summed E-state index contributed by atoms with van der Waals surface area (Å²) in [5.74, 6) is 0. The SMILES string of the molecule is c1ccc(N(c2ccc(-c3ccccc3)cc2)c2ccc(C3(c4ccc(N(c5ccccc5)c5ccc(-c6ccccc6)cc5)cc4)CCCCC3)cc2)cc#1. The molecule has 0 aliphatic heterocycles. The molecule has 56 heavy (non-hydrogen) atoms. The van der Waals surface area contributed by atoms with E-state index in [4.69, 9.17) is 0 Å². The fourth-order valence-electron chi connectivity index (χ4n) is 8.57. The van der Waals surface area contributed by atoms with Gasteiger partial charge in [0.1, 0.15) is 0 Å². The monoisotopic (exact) mass is 720 g/mol. The number of benzene rings is 7. The molecule has 1 saturated carbocycles. The van der Waals surface area contributed by atoms with Gasteiger partial charge in [-0.15, -0.1) is 0 Å². The zero-order valence-electron chi connectivity index (χ0n) is 31.6. The maximum atomic E-state index is 3.18. The second-order valence-electron chi connectivity index (χ2n) is 14.8. The quantitative estimate of drug-likeness (QED) is 0.139. The van der Waals surface area contributed by atoms with Crippen LogP contribution < -0.4 is 9.80 Å². The van der Waals surface area contributed by atoms with Gasteiger partial charge in [-0.1, -0.05) is 159 Å². The summed E-state index contributed by atoms with van der Waals surface area (Å²) in [5, 5.41) is 0. The molecule has 1 aliphatic carbocycles. The number of anilines is 6. The summed E-state index contributed by atoms with van der Waals surface area (Å²) >= 11 is 0. The predicted molar refractivity (Wildman–Crippen MR) is 235 cm³/mol. The summed E-state index contributed by atoms with van der Waals surface area (Å²) in [6.45, 7) is 0. The average molecular weight is 721 g/mol. The molecule has 1 aliphatic rings. The summed E-state index contributed by atoms with van der Waals surface area (Å²) in [5.41, 5.74) is 14.3. The molecule has 0 amide bonds. The fraction of sp³-hybridized carbons (Fsp3) is 0.111. The molecule has 9 rings (SSSR count). The number of hydrogen-bond donors (Lipinski definition) is 0. The van der Waals surface area contributed by atoms with Crippen molar-refractivity contribution in [2.75, 3.05) is 9.80 Å². The van der Waals surface area contributed by atoms with Gasteiger partial charge < -0.3 is 9.80 Å². The Hall–Kier alpha value is -6.82. The first-order chi connectivity index (χ1) is 27.7. The van der Waals surface area contributed by atoms with E-state index in [1.807, 2.05) is 12.1 Å². The Labute approximate surface area is 332 Å². The zero-order valence-corrected chi connectivity index (χ0v) is 31.6. The van der Waals surface area contributed by atoms with Crippen LogP contribution in [0.4, 0.5) is 34.1 Å². The third-order valence-corrected chi connectivity index (χ3v) is 11.4. The van der Waals surface area contributed by atoms with Crippen LogP contribution in [0, 0.1) is 12.1 Å². The number of rotatable bonds is 10. The van der Waals surface area contributed by atoms with Crippen LogP contribution in [0.3, 0.4) is 0 Å². The van der Waals surface area contributed by atoms with Crippen LogP contribution in [0.15, 0.2) is 206 Å². The highest BCUT2D eigenvalue weighted by Crippen LogP contribution is 2.47. The molecule has 8 aromatic carbocycles. The Morgan fingerprint density at radius 3 is 1.12 bits per heavy atom. The minimum Gasteiger partial charge on any atom is -0.311 e. The molecule has 0 saturated heterocycles. The minimum absolute atomic E-state index is 0.0398. The van der Waals surface area contributed by atoms with E-state index < -0.39 is 0 Å². The van der Waals surface area contributed by atoms with Crippen LogP contribution >= 0.6 is 0 Å². The first-order valence-corrected chi connectivity index (χ1v) is 19.8. The molecule has 0 spiro atoms. The van der Waals surface area contributed by atoms with Crippen LogP contribution in [0.25, 0.3) is 22.3 Å². The largest absolute Gasteiger partial charge is 0.311 e. The lowest BCUT2D eigenvalue weighted by atomic mass is 9.65. The normalized spacial score (nSPS) is 13.4. The van der Waals surface area contributed by atoms with E-state index in [9.17, 15) is 0 Å². The summed E-state index contributed by atoms with van der Waals surface area (Å²) in [7, 11) is 0. The van der Waals surface area contributed by atoms with Crippen molar-refractivity contribution in [2.24, 2.45) is 0 Å². The van der Waals surface area contributed by atoms with Gasteiger partial charge in [-0.05, 0) is 119 Å². The summed E-state index contributed by atoms with van der Waals surface area (Å²) in [4.78, 5) is 4.68. The summed E-state index contributed by atoms with van der Waals surface area (Å²) < 4.78 is 0. The molecule has 1 fully saturated rings. The maximum Gasteiger partial charge on any atom is 0.0551 e. The van der Waals surface area contributed by atoms with Gasteiger partial charge in [-0.25, -0.2) is 0 Å². The molecule has 0 radical (unpaired) electrons. The van der Waals surface area contributed by atoms with E-state index in [2.05, 4.69) is 216 Å². The van der Waals surface area contributed by atoms with E-state index in [1.165, 1.54) is 52.6 Å². The first-order valence-electron chi connectivity index (χ1n) is 19.8. The third kappa shape index (κ3) is 7.08. The van der Waals surface area contributed by atoms with Crippen molar-refractivity contribution in [1.29, 1.82) is 0 Å². The van der Waals surface area contributed by atoms with Crippen molar-refractivity contribution in [3.05, 3.63) is 230 Å². The molecule has 0 atom stereocenters. The van der Waals surface area contributed by atoms with Gasteiger partial charge in [-0.2, -0.15) is 0 Å².